The largest absolute Gasteiger partial charge is 0.460 e. The molecule has 2 aromatic rings. The maximum absolute atomic E-state index is 12.5. The summed E-state index contributed by atoms with van der Waals surface area (Å²) in [6, 6.07) is 18.5. The first-order valence-electron chi connectivity index (χ1n) is 10.5. The van der Waals surface area contributed by atoms with Crippen LogP contribution in [0.2, 0.25) is 0 Å². The number of alkyl carbamates (subject to hydrolysis) is 1. The quantitative estimate of drug-likeness (QED) is 0.424. The zero-order chi connectivity index (χ0) is 23.2. The number of rotatable bonds is 10. The molecule has 0 spiro atoms. The lowest BCUT2D eigenvalue weighted by atomic mass is 10.2. The molecule has 0 fully saturated rings. The van der Waals surface area contributed by atoms with E-state index in [1.165, 1.54) is 0 Å². The minimum absolute atomic E-state index is 0.0421. The van der Waals surface area contributed by atoms with Gasteiger partial charge in [0.2, 0.25) is 0 Å². The van der Waals surface area contributed by atoms with Crippen LogP contribution in [0.4, 0.5) is 4.79 Å². The third kappa shape index (κ3) is 10.6. The molecule has 0 saturated heterocycles. The zero-order valence-electron chi connectivity index (χ0n) is 18.8. The summed E-state index contributed by atoms with van der Waals surface area (Å²) in [6.45, 7) is 5.56. The number of carbonyl (C=O) groups excluding carboxylic acids is 2. The van der Waals surface area contributed by atoms with Crippen LogP contribution in [-0.2, 0) is 19.0 Å². The van der Waals surface area contributed by atoms with Gasteiger partial charge in [-0.25, -0.2) is 9.59 Å². The van der Waals surface area contributed by atoms with Crippen LogP contribution < -0.4 is 5.32 Å². The van der Waals surface area contributed by atoms with Gasteiger partial charge in [-0.3, -0.25) is 0 Å². The van der Waals surface area contributed by atoms with Gasteiger partial charge < -0.3 is 19.5 Å². The molecular weight excluding hydrogens is 406 g/mol. The van der Waals surface area contributed by atoms with Gasteiger partial charge in [0, 0.05) is 0 Å². The second-order valence-corrected chi connectivity index (χ2v) is 7.99. The Morgan fingerprint density at radius 2 is 1.41 bits per heavy atom. The van der Waals surface area contributed by atoms with Crippen LogP contribution in [0.5, 0.6) is 0 Å². The Kier molecular flexibility index (Phi) is 10.2. The molecule has 1 atom stereocenters. The van der Waals surface area contributed by atoms with Crippen LogP contribution >= 0.6 is 0 Å². The molecule has 170 valence electrons. The second-order valence-electron chi connectivity index (χ2n) is 7.99. The van der Waals surface area contributed by atoms with E-state index in [2.05, 4.69) is 5.32 Å². The predicted octanol–water partition coefficient (Wildman–Crippen LogP) is 4.87. The fourth-order valence-electron chi connectivity index (χ4n) is 2.60. The molecular formula is C26H31NO5. The monoisotopic (exact) mass is 437 g/mol. The van der Waals surface area contributed by atoms with E-state index in [1.54, 1.807) is 26.8 Å². The molecule has 6 nitrogen and oxygen atoms in total. The third-order valence-electron chi connectivity index (χ3n) is 4.02. The van der Waals surface area contributed by atoms with Crippen LogP contribution in [0.15, 0.2) is 72.8 Å². The Labute approximate surface area is 189 Å². The maximum atomic E-state index is 12.5. The van der Waals surface area contributed by atoms with Crippen molar-refractivity contribution in [2.45, 2.75) is 32.4 Å². The Morgan fingerprint density at radius 1 is 0.875 bits per heavy atom. The summed E-state index contributed by atoms with van der Waals surface area (Å²) in [5.41, 5.74) is 1.36. The van der Waals surface area contributed by atoms with Crippen molar-refractivity contribution >= 4 is 24.2 Å². The molecule has 2 rings (SSSR count). The topological polar surface area (TPSA) is 73.9 Å². The molecule has 0 aliphatic carbocycles. The first-order valence-corrected chi connectivity index (χ1v) is 10.5. The van der Waals surface area contributed by atoms with Crippen LogP contribution in [0.1, 0.15) is 31.9 Å². The van der Waals surface area contributed by atoms with Crippen molar-refractivity contribution in [1.29, 1.82) is 0 Å². The number of esters is 1. The normalized spacial score (nSPS) is 12.6. The van der Waals surface area contributed by atoms with E-state index >= 15 is 0 Å². The molecule has 1 amide bonds. The highest BCUT2D eigenvalue weighted by molar-refractivity contribution is 5.81. The number of amides is 1. The van der Waals surface area contributed by atoms with E-state index in [9.17, 15) is 9.59 Å². The number of ether oxygens (including phenoxy) is 3. The van der Waals surface area contributed by atoms with Crippen molar-refractivity contribution in [2.24, 2.45) is 0 Å². The molecule has 0 heterocycles. The van der Waals surface area contributed by atoms with Crippen molar-refractivity contribution in [3.05, 3.63) is 83.9 Å². The lowest BCUT2D eigenvalue weighted by Crippen LogP contribution is -2.47. The Bertz CT molecular complexity index is 885. The lowest BCUT2D eigenvalue weighted by Gasteiger charge is -2.22. The molecule has 0 bridgehead atoms. The Morgan fingerprint density at radius 3 is 1.94 bits per heavy atom. The molecule has 2 aromatic carbocycles. The van der Waals surface area contributed by atoms with E-state index in [1.807, 2.05) is 78.9 Å². The van der Waals surface area contributed by atoms with Gasteiger partial charge in [0.05, 0.1) is 13.2 Å². The molecule has 6 heteroatoms. The minimum atomic E-state index is -0.986. The lowest BCUT2D eigenvalue weighted by molar-refractivity contribution is -0.146. The highest BCUT2D eigenvalue weighted by Gasteiger charge is 2.25. The predicted molar refractivity (Wildman–Crippen MR) is 126 cm³/mol. The van der Waals surface area contributed by atoms with Gasteiger partial charge >= 0.3 is 12.1 Å². The molecule has 0 aliphatic heterocycles. The Balaban J connectivity index is 1.87. The minimum Gasteiger partial charge on any atom is -0.460 e. The van der Waals surface area contributed by atoms with Gasteiger partial charge in [-0.2, -0.15) is 0 Å². The summed E-state index contributed by atoms with van der Waals surface area (Å²) in [7, 11) is 0. The smallest absolute Gasteiger partial charge is 0.408 e. The highest BCUT2D eigenvalue weighted by atomic mass is 16.6. The van der Waals surface area contributed by atoms with Gasteiger partial charge in [-0.15, -0.1) is 0 Å². The summed E-state index contributed by atoms with van der Waals surface area (Å²) in [6.07, 6.45) is 6.65. The van der Waals surface area contributed by atoms with E-state index in [-0.39, 0.29) is 19.8 Å². The van der Waals surface area contributed by atoms with Gasteiger partial charge in [0.15, 0.2) is 6.04 Å². The van der Waals surface area contributed by atoms with Crippen molar-refractivity contribution in [3.8, 4) is 0 Å². The molecule has 1 N–H and O–H groups in total. The number of hydrogen-bond acceptors (Lipinski definition) is 5. The van der Waals surface area contributed by atoms with Gasteiger partial charge in [-0.1, -0.05) is 78.9 Å². The highest BCUT2D eigenvalue weighted by Crippen LogP contribution is 2.07. The first kappa shape index (κ1) is 24.9. The zero-order valence-corrected chi connectivity index (χ0v) is 18.8. The molecule has 1 unspecified atom stereocenters. The summed E-state index contributed by atoms with van der Waals surface area (Å²) in [5, 5.41) is 2.53. The van der Waals surface area contributed by atoms with E-state index in [0.717, 1.165) is 11.1 Å². The SMILES string of the molecule is CC(C)(C)OC(=O)NC(COC/C=C/c1ccccc1)C(=O)OC/C=C/c1ccccc1. The standard InChI is InChI=1S/C26H31NO5/c1-26(2,3)32-25(29)27-23(20-30-18-10-16-21-12-6-4-7-13-21)24(28)31-19-11-17-22-14-8-5-9-15-22/h4-17,23H,18-20H2,1-3H3,(H,27,29)/b16-10+,17-11+. The average molecular weight is 438 g/mol. The number of carbonyl (C=O) groups is 2. The van der Waals surface area contributed by atoms with Crippen LogP contribution in [0.3, 0.4) is 0 Å². The van der Waals surface area contributed by atoms with Crippen LogP contribution in [-0.4, -0.2) is 43.5 Å². The van der Waals surface area contributed by atoms with E-state index < -0.39 is 23.7 Å². The van der Waals surface area contributed by atoms with E-state index in [4.69, 9.17) is 14.2 Å². The Hall–Kier alpha value is -3.38. The van der Waals surface area contributed by atoms with Crippen molar-refractivity contribution in [1.82, 2.24) is 5.32 Å². The summed E-state index contributed by atoms with van der Waals surface area (Å²) in [5.74, 6) is -0.597. The molecule has 0 saturated carbocycles. The van der Waals surface area contributed by atoms with Crippen LogP contribution in [0.25, 0.3) is 12.2 Å². The molecule has 32 heavy (non-hydrogen) atoms. The first-order chi connectivity index (χ1) is 15.3. The van der Waals surface area contributed by atoms with Gasteiger partial charge in [0.1, 0.15) is 12.2 Å². The fourth-order valence-corrected chi connectivity index (χ4v) is 2.60. The van der Waals surface area contributed by atoms with E-state index in [0.29, 0.717) is 0 Å². The summed E-state index contributed by atoms with van der Waals surface area (Å²) < 4.78 is 16.1. The van der Waals surface area contributed by atoms with Gasteiger partial charge in [-0.05, 0) is 38.0 Å². The van der Waals surface area contributed by atoms with Gasteiger partial charge in [0.25, 0.3) is 0 Å². The van der Waals surface area contributed by atoms with Crippen LogP contribution in [0, 0.1) is 0 Å². The maximum Gasteiger partial charge on any atom is 0.408 e. The van der Waals surface area contributed by atoms with Crippen molar-refractivity contribution in [2.75, 3.05) is 19.8 Å². The fraction of sp³-hybridized carbons (Fsp3) is 0.308. The average Bonchev–Trinajstić information content (AvgIpc) is 2.75. The molecule has 0 radical (unpaired) electrons. The van der Waals surface area contributed by atoms with Crippen molar-refractivity contribution in [3.63, 3.8) is 0 Å². The third-order valence-corrected chi connectivity index (χ3v) is 4.02. The molecule has 0 aromatic heterocycles. The molecule has 0 aliphatic rings. The summed E-state index contributed by atoms with van der Waals surface area (Å²) in [4.78, 5) is 24.7. The second kappa shape index (κ2) is 13.1. The number of benzene rings is 2. The van der Waals surface area contributed by atoms with Crippen molar-refractivity contribution < 1.29 is 23.8 Å². The number of nitrogens with one attached hydrogen (secondary N) is 1. The number of hydrogen-bond donors (Lipinski definition) is 1. The summed E-state index contributed by atoms with van der Waals surface area (Å²) >= 11 is 0.